The number of carbonyl (C=O) groups is 2. The van der Waals surface area contributed by atoms with Crippen LogP contribution in [-0.4, -0.2) is 65.5 Å². The first-order chi connectivity index (χ1) is 16.9. The summed E-state index contributed by atoms with van der Waals surface area (Å²) in [6.07, 6.45) is 2.57. The number of amides is 2. The molecule has 2 heterocycles. The van der Waals surface area contributed by atoms with Crippen molar-refractivity contribution in [3.8, 4) is 11.4 Å². The van der Waals surface area contributed by atoms with Gasteiger partial charge in [0.2, 0.25) is 0 Å². The van der Waals surface area contributed by atoms with E-state index in [1.165, 1.54) is 10.2 Å². The van der Waals surface area contributed by atoms with Crippen molar-refractivity contribution in [3.05, 3.63) is 71.0 Å². The maximum absolute atomic E-state index is 13.7. The van der Waals surface area contributed by atoms with Gasteiger partial charge in [-0.25, -0.2) is 4.68 Å². The molecule has 0 atom stereocenters. The molecule has 0 spiro atoms. The molecule has 1 aliphatic heterocycles. The summed E-state index contributed by atoms with van der Waals surface area (Å²) >= 11 is 0. The molecular weight excluding hydrogens is 446 g/mol. The Bertz CT molecular complexity index is 1260. The van der Waals surface area contributed by atoms with Gasteiger partial charge in [-0.2, -0.15) is 5.10 Å². The average Bonchev–Trinajstić information content (AvgIpc) is 3.59. The summed E-state index contributed by atoms with van der Waals surface area (Å²) in [4.78, 5) is 29.7. The number of nitrogens with zero attached hydrogens (tertiary/aromatic N) is 4. The quantitative estimate of drug-likeness (QED) is 0.516. The zero-order valence-electron chi connectivity index (χ0n) is 19.9. The molecule has 9 nitrogen and oxygen atoms in total. The third-order valence-corrected chi connectivity index (χ3v) is 7.17. The molecule has 35 heavy (non-hydrogen) atoms. The summed E-state index contributed by atoms with van der Waals surface area (Å²) < 4.78 is 6.73. The molecule has 3 aromatic rings. The molecule has 1 aliphatic carbocycles. The van der Waals surface area contributed by atoms with Crippen LogP contribution in [0.1, 0.15) is 44.9 Å². The highest BCUT2D eigenvalue weighted by atomic mass is 16.5. The number of primary amides is 1. The smallest absolute Gasteiger partial charge is 0.277 e. The maximum atomic E-state index is 13.7. The van der Waals surface area contributed by atoms with Gasteiger partial charge in [0, 0.05) is 29.9 Å². The van der Waals surface area contributed by atoms with Crippen molar-refractivity contribution in [1.29, 1.82) is 0 Å². The molecular formula is C26H29N5O4. The molecule has 5 rings (SSSR count). The number of aliphatic hydroxyl groups excluding tert-OH is 1. The molecule has 3 N–H and O–H groups in total. The minimum Gasteiger partial charge on any atom is -0.497 e. The summed E-state index contributed by atoms with van der Waals surface area (Å²) in [6.45, 7) is 1.16. The fourth-order valence-electron chi connectivity index (χ4n) is 5.04. The number of hydrogen-bond donors (Lipinski definition) is 2. The number of benzene rings is 2. The molecule has 2 aliphatic rings. The number of ether oxygens (including phenoxy) is 1. The van der Waals surface area contributed by atoms with E-state index < -0.39 is 5.91 Å². The minimum absolute atomic E-state index is 0.0380. The van der Waals surface area contributed by atoms with Gasteiger partial charge in [0.1, 0.15) is 11.4 Å². The average molecular weight is 476 g/mol. The highest BCUT2D eigenvalue weighted by molar-refractivity contribution is 6.09. The third kappa shape index (κ3) is 3.86. The summed E-state index contributed by atoms with van der Waals surface area (Å²) in [5.41, 5.74) is 9.22. The number of carbonyl (C=O) groups excluding carboxylic acids is 2. The Morgan fingerprint density at radius 3 is 2.37 bits per heavy atom. The molecule has 0 radical (unpaired) electrons. The van der Waals surface area contributed by atoms with Crippen molar-refractivity contribution < 1.29 is 19.4 Å². The lowest BCUT2D eigenvalue weighted by atomic mass is 10.00. The van der Waals surface area contributed by atoms with Gasteiger partial charge in [0.15, 0.2) is 5.69 Å². The van der Waals surface area contributed by atoms with Crippen LogP contribution in [0, 0.1) is 0 Å². The fraction of sp³-hybridized carbons (Fsp3) is 0.346. The number of methoxy groups -OCH3 is 1. The largest absolute Gasteiger partial charge is 0.497 e. The molecule has 1 fully saturated rings. The normalized spacial score (nSPS) is 16.3. The van der Waals surface area contributed by atoms with E-state index in [0.29, 0.717) is 42.2 Å². The van der Waals surface area contributed by atoms with E-state index >= 15 is 0 Å². The standard InChI is InChI=1S/C26H29N5O4/c1-29(15-16-32)26(12-13-26)17-3-5-18(6-4-17)30-14-11-21-22(24(27)33)28-31(23(21)25(30)34)19-7-9-20(35-2)10-8-19/h3-10,32H,11-16H2,1-2H3,(H2,27,33). The Balaban J connectivity index is 1.48. The Hall–Kier alpha value is -3.69. The highest BCUT2D eigenvalue weighted by Crippen LogP contribution is 2.50. The highest BCUT2D eigenvalue weighted by Gasteiger charge is 2.47. The topological polar surface area (TPSA) is 114 Å². The molecule has 2 amide bonds. The molecule has 182 valence electrons. The maximum Gasteiger partial charge on any atom is 0.277 e. The molecule has 0 saturated heterocycles. The Labute approximate surface area is 203 Å². The second kappa shape index (κ2) is 8.83. The van der Waals surface area contributed by atoms with Crippen LogP contribution in [0.5, 0.6) is 5.75 Å². The predicted octanol–water partition coefficient (Wildman–Crippen LogP) is 2.10. The second-order valence-corrected chi connectivity index (χ2v) is 9.08. The second-order valence-electron chi connectivity index (χ2n) is 9.08. The van der Waals surface area contributed by atoms with Crippen molar-refractivity contribution in [2.45, 2.75) is 24.8 Å². The van der Waals surface area contributed by atoms with E-state index in [9.17, 15) is 14.7 Å². The van der Waals surface area contributed by atoms with Crippen molar-refractivity contribution in [2.75, 3.05) is 38.8 Å². The van der Waals surface area contributed by atoms with Crippen molar-refractivity contribution in [1.82, 2.24) is 14.7 Å². The number of hydrogen-bond acceptors (Lipinski definition) is 6. The number of likely N-dealkylation sites (N-methyl/N-ethyl adjacent to an activating group) is 1. The van der Waals surface area contributed by atoms with Gasteiger partial charge in [-0.1, -0.05) is 12.1 Å². The monoisotopic (exact) mass is 475 g/mol. The third-order valence-electron chi connectivity index (χ3n) is 7.17. The molecule has 1 aromatic heterocycles. The lowest BCUT2D eigenvalue weighted by molar-refractivity contribution is 0.0972. The van der Waals surface area contributed by atoms with Crippen LogP contribution < -0.4 is 15.4 Å². The van der Waals surface area contributed by atoms with Gasteiger partial charge in [0.25, 0.3) is 11.8 Å². The van der Waals surface area contributed by atoms with Crippen LogP contribution in [0.25, 0.3) is 5.69 Å². The van der Waals surface area contributed by atoms with Crippen molar-refractivity contribution in [3.63, 3.8) is 0 Å². The molecule has 2 aromatic carbocycles. The summed E-state index contributed by atoms with van der Waals surface area (Å²) in [5, 5.41) is 13.8. The number of rotatable bonds is 8. The Kier molecular flexibility index (Phi) is 5.82. The Morgan fingerprint density at radius 1 is 1.14 bits per heavy atom. The zero-order valence-corrected chi connectivity index (χ0v) is 19.9. The van der Waals surface area contributed by atoms with Gasteiger partial charge >= 0.3 is 0 Å². The molecule has 1 saturated carbocycles. The van der Waals surface area contributed by atoms with Crippen LogP contribution >= 0.6 is 0 Å². The van der Waals surface area contributed by atoms with E-state index in [2.05, 4.69) is 22.1 Å². The summed E-state index contributed by atoms with van der Waals surface area (Å²) in [7, 11) is 3.61. The van der Waals surface area contributed by atoms with Gasteiger partial charge in [-0.3, -0.25) is 14.5 Å². The van der Waals surface area contributed by atoms with E-state index in [1.54, 1.807) is 36.3 Å². The van der Waals surface area contributed by atoms with Crippen LogP contribution in [0.15, 0.2) is 48.5 Å². The van der Waals surface area contributed by atoms with Crippen LogP contribution in [0.3, 0.4) is 0 Å². The van der Waals surface area contributed by atoms with Crippen molar-refractivity contribution >= 4 is 17.5 Å². The first-order valence-electron chi connectivity index (χ1n) is 11.7. The van der Waals surface area contributed by atoms with Gasteiger partial charge in [-0.15, -0.1) is 0 Å². The van der Waals surface area contributed by atoms with Crippen LogP contribution in [0.4, 0.5) is 5.69 Å². The fourth-order valence-corrected chi connectivity index (χ4v) is 5.04. The van der Waals surface area contributed by atoms with Crippen LogP contribution in [0.2, 0.25) is 0 Å². The van der Waals surface area contributed by atoms with Gasteiger partial charge < -0.3 is 20.5 Å². The number of aliphatic hydroxyl groups is 1. The van der Waals surface area contributed by atoms with E-state index in [1.807, 2.05) is 19.2 Å². The van der Waals surface area contributed by atoms with Gasteiger partial charge in [0.05, 0.1) is 19.4 Å². The number of anilines is 1. The summed E-state index contributed by atoms with van der Waals surface area (Å²) in [6, 6.07) is 15.2. The van der Waals surface area contributed by atoms with E-state index in [4.69, 9.17) is 10.5 Å². The van der Waals surface area contributed by atoms with Gasteiger partial charge in [-0.05, 0) is 68.3 Å². The lowest BCUT2D eigenvalue weighted by Crippen LogP contribution is -2.39. The van der Waals surface area contributed by atoms with E-state index in [-0.39, 0.29) is 23.7 Å². The predicted molar refractivity (Wildman–Crippen MR) is 131 cm³/mol. The molecule has 0 bridgehead atoms. The molecule has 0 unspecified atom stereocenters. The van der Waals surface area contributed by atoms with E-state index in [0.717, 1.165) is 18.5 Å². The Morgan fingerprint density at radius 2 is 1.80 bits per heavy atom. The molecule has 9 heteroatoms. The van der Waals surface area contributed by atoms with Crippen LogP contribution in [-0.2, 0) is 12.0 Å². The first kappa shape index (κ1) is 23.1. The lowest BCUT2D eigenvalue weighted by Gasteiger charge is -2.30. The number of aromatic nitrogens is 2. The zero-order chi connectivity index (χ0) is 24.7. The SMILES string of the molecule is COc1ccc(-n2nc(C(N)=O)c3c2C(=O)N(c2ccc(C4(N(C)CCO)CC4)cc2)CC3)cc1. The van der Waals surface area contributed by atoms with Crippen molar-refractivity contribution in [2.24, 2.45) is 5.73 Å². The number of nitrogens with two attached hydrogens (primary N) is 1. The first-order valence-corrected chi connectivity index (χ1v) is 11.7. The summed E-state index contributed by atoms with van der Waals surface area (Å²) in [5.74, 6) is -0.204. The number of fused-ring (bicyclic) bond motifs is 1. The minimum atomic E-state index is -0.652.